The average molecular weight is 368 g/mol. The van der Waals surface area contributed by atoms with Gasteiger partial charge >= 0.3 is 6.03 Å². The molecule has 0 aromatic heterocycles. The molecule has 1 unspecified atom stereocenters. The maximum absolute atomic E-state index is 12.6. The van der Waals surface area contributed by atoms with Gasteiger partial charge in [-0.25, -0.2) is 4.79 Å². The van der Waals surface area contributed by atoms with E-state index in [0.29, 0.717) is 16.3 Å². The fourth-order valence-electron chi connectivity index (χ4n) is 2.43. The number of hydrogen-bond donors (Lipinski definition) is 1. The summed E-state index contributed by atoms with van der Waals surface area (Å²) in [6.07, 6.45) is -0.885. The van der Waals surface area contributed by atoms with Crippen LogP contribution in [0.1, 0.15) is 32.6 Å². The maximum Gasteiger partial charge on any atom is 0.321 e. The lowest BCUT2D eigenvalue weighted by atomic mass is 9.90. The minimum atomic E-state index is -0.885. The van der Waals surface area contributed by atoms with Crippen LogP contribution in [0.3, 0.4) is 0 Å². The van der Waals surface area contributed by atoms with Crippen molar-refractivity contribution in [2.75, 3.05) is 26.0 Å². The molecule has 1 fully saturated rings. The summed E-state index contributed by atoms with van der Waals surface area (Å²) in [6, 6.07) is 4.55. The first-order valence-corrected chi connectivity index (χ1v) is 8.16. The van der Waals surface area contributed by atoms with E-state index >= 15 is 0 Å². The molecule has 1 aromatic carbocycles. The molecule has 136 valence electrons. The predicted octanol–water partition coefficient (Wildman–Crippen LogP) is 2.86. The Bertz CT molecular complexity index is 718. The molecule has 1 heterocycles. The predicted molar refractivity (Wildman–Crippen MR) is 94.2 cm³/mol. The number of carbonyl (C=O) groups is 3. The summed E-state index contributed by atoms with van der Waals surface area (Å²) in [5.74, 6) is -0.721. The second kappa shape index (κ2) is 7.01. The third-order valence-corrected chi connectivity index (χ3v) is 4.22. The van der Waals surface area contributed by atoms with Crippen LogP contribution in [0.5, 0.6) is 0 Å². The van der Waals surface area contributed by atoms with E-state index in [-0.39, 0.29) is 18.5 Å². The maximum atomic E-state index is 12.6. The Morgan fingerprint density at radius 2 is 2.00 bits per heavy atom. The zero-order valence-corrected chi connectivity index (χ0v) is 15.7. The largest absolute Gasteiger partial charge is 0.352 e. The summed E-state index contributed by atoms with van der Waals surface area (Å²) in [6.45, 7) is 4.94. The molecule has 0 aliphatic carbocycles. The van der Waals surface area contributed by atoms with Crippen molar-refractivity contribution in [2.24, 2.45) is 5.41 Å². The van der Waals surface area contributed by atoms with Crippen LogP contribution < -0.4 is 5.32 Å². The highest BCUT2D eigenvalue weighted by atomic mass is 35.5. The monoisotopic (exact) mass is 367 g/mol. The van der Waals surface area contributed by atoms with Gasteiger partial charge in [-0.05, 0) is 26.0 Å². The van der Waals surface area contributed by atoms with Gasteiger partial charge in [0.15, 0.2) is 6.23 Å². The third kappa shape index (κ3) is 3.93. The molecule has 0 saturated carbocycles. The highest BCUT2D eigenvalue weighted by Gasteiger charge is 2.44. The second-order valence-electron chi connectivity index (χ2n) is 6.80. The first-order valence-electron chi connectivity index (χ1n) is 7.78. The van der Waals surface area contributed by atoms with Gasteiger partial charge in [-0.1, -0.05) is 17.7 Å². The zero-order valence-electron chi connectivity index (χ0n) is 14.9. The van der Waals surface area contributed by atoms with Gasteiger partial charge in [0, 0.05) is 32.3 Å². The molecule has 25 heavy (non-hydrogen) atoms. The molecule has 2 rings (SSSR count). The highest BCUT2D eigenvalue weighted by Crippen LogP contribution is 2.38. The number of ether oxygens (including phenoxy) is 1. The van der Waals surface area contributed by atoms with Crippen molar-refractivity contribution in [1.82, 2.24) is 9.80 Å². The van der Waals surface area contributed by atoms with Crippen molar-refractivity contribution in [1.29, 1.82) is 0 Å². The number of imide groups is 1. The summed E-state index contributed by atoms with van der Waals surface area (Å²) in [7, 11) is 3.25. The molecule has 8 heteroatoms. The Balaban J connectivity index is 2.32. The van der Waals surface area contributed by atoms with Crippen molar-refractivity contribution in [3.63, 3.8) is 0 Å². The first-order chi connectivity index (χ1) is 11.5. The molecule has 7 nitrogen and oxygen atoms in total. The molecule has 1 atom stereocenters. The van der Waals surface area contributed by atoms with Crippen molar-refractivity contribution in [3.8, 4) is 0 Å². The molecular formula is C17H22ClN3O4. The van der Waals surface area contributed by atoms with Crippen LogP contribution in [0, 0.1) is 5.41 Å². The highest BCUT2D eigenvalue weighted by molar-refractivity contribution is 6.31. The number of benzene rings is 1. The van der Waals surface area contributed by atoms with Crippen LogP contribution >= 0.6 is 11.6 Å². The first kappa shape index (κ1) is 19.2. The molecule has 1 aliphatic heterocycles. The molecule has 0 bridgehead atoms. The quantitative estimate of drug-likeness (QED) is 0.871. The smallest absolute Gasteiger partial charge is 0.321 e. The van der Waals surface area contributed by atoms with Crippen LogP contribution in [0.2, 0.25) is 5.02 Å². The van der Waals surface area contributed by atoms with Crippen LogP contribution in [-0.2, 0) is 14.3 Å². The zero-order chi connectivity index (χ0) is 18.9. The Kier molecular flexibility index (Phi) is 5.39. The number of rotatable bonds is 2. The average Bonchev–Trinajstić information content (AvgIpc) is 2.50. The summed E-state index contributed by atoms with van der Waals surface area (Å²) < 4.78 is 5.77. The molecule has 1 aliphatic rings. The van der Waals surface area contributed by atoms with Crippen LogP contribution in [0.25, 0.3) is 0 Å². The molecule has 4 amide bonds. The van der Waals surface area contributed by atoms with Crippen molar-refractivity contribution in [2.45, 2.75) is 27.0 Å². The van der Waals surface area contributed by atoms with Gasteiger partial charge in [0.2, 0.25) is 11.8 Å². The van der Waals surface area contributed by atoms with Gasteiger partial charge in [0.25, 0.3) is 0 Å². The molecule has 1 N–H and O–H groups in total. The van der Waals surface area contributed by atoms with E-state index < -0.39 is 17.6 Å². The normalized spacial score (nSPS) is 19.5. The molecule has 1 aromatic rings. The summed E-state index contributed by atoms with van der Waals surface area (Å²) in [4.78, 5) is 38.8. The van der Waals surface area contributed by atoms with Crippen molar-refractivity contribution >= 4 is 35.1 Å². The van der Waals surface area contributed by atoms with Gasteiger partial charge in [-0.15, -0.1) is 0 Å². The van der Waals surface area contributed by atoms with Crippen LogP contribution in [-0.4, -0.2) is 48.3 Å². The van der Waals surface area contributed by atoms with E-state index in [0.717, 1.165) is 4.90 Å². The molecule has 1 saturated heterocycles. The van der Waals surface area contributed by atoms with Gasteiger partial charge in [0.1, 0.15) is 0 Å². The molecule has 0 spiro atoms. The lowest BCUT2D eigenvalue weighted by molar-refractivity contribution is -0.187. The number of hydrogen-bond acceptors (Lipinski definition) is 4. The second-order valence-corrected chi connectivity index (χ2v) is 7.21. The van der Waals surface area contributed by atoms with Crippen LogP contribution in [0.15, 0.2) is 18.2 Å². The number of anilines is 1. The van der Waals surface area contributed by atoms with Gasteiger partial charge in [-0.3, -0.25) is 14.5 Å². The Morgan fingerprint density at radius 3 is 2.52 bits per heavy atom. The Hall–Kier alpha value is -2.12. The summed E-state index contributed by atoms with van der Waals surface area (Å²) in [5, 5.41) is 2.97. The van der Waals surface area contributed by atoms with E-state index in [1.165, 1.54) is 11.8 Å². The van der Waals surface area contributed by atoms with E-state index in [1.807, 2.05) is 0 Å². The SMILES string of the molecule is CC(=O)N1C(=O)C(C)(C)COC1c1ccc(NC(=O)N(C)C)cc1Cl. The van der Waals surface area contributed by atoms with E-state index in [1.54, 1.807) is 46.1 Å². The van der Waals surface area contributed by atoms with E-state index in [2.05, 4.69) is 5.32 Å². The van der Waals surface area contributed by atoms with Gasteiger partial charge in [-0.2, -0.15) is 0 Å². The lowest BCUT2D eigenvalue weighted by Crippen LogP contribution is -2.53. The lowest BCUT2D eigenvalue weighted by Gasteiger charge is -2.41. The fourth-order valence-corrected chi connectivity index (χ4v) is 2.71. The summed E-state index contributed by atoms with van der Waals surface area (Å²) >= 11 is 6.32. The van der Waals surface area contributed by atoms with Gasteiger partial charge < -0.3 is 15.0 Å². The van der Waals surface area contributed by atoms with E-state index in [4.69, 9.17) is 16.3 Å². The number of carbonyl (C=O) groups excluding carboxylic acids is 3. The number of nitrogens with one attached hydrogen (secondary N) is 1. The van der Waals surface area contributed by atoms with Crippen molar-refractivity contribution in [3.05, 3.63) is 28.8 Å². The third-order valence-electron chi connectivity index (χ3n) is 3.90. The summed E-state index contributed by atoms with van der Waals surface area (Å²) in [5.41, 5.74) is 0.210. The van der Waals surface area contributed by atoms with Crippen molar-refractivity contribution < 1.29 is 19.1 Å². The minimum Gasteiger partial charge on any atom is -0.352 e. The van der Waals surface area contributed by atoms with Crippen LogP contribution in [0.4, 0.5) is 10.5 Å². The van der Waals surface area contributed by atoms with E-state index in [9.17, 15) is 14.4 Å². The number of urea groups is 1. The topological polar surface area (TPSA) is 79.0 Å². The van der Waals surface area contributed by atoms with Gasteiger partial charge in [0.05, 0.1) is 17.0 Å². The molecule has 0 radical (unpaired) electrons. The standard InChI is InChI=1S/C17H22ClN3O4/c1-10(22)21-14(25-9-17(2,3)15(21)23)12-7-6-11(8-13(12)18)19-16(24)20(4)5/h6-8,14H,9H2,1-5H3,(H,19,24). The number of halogens is 1. The minimum absolute atomic E-state index is 0.176. The number of amides is 4. The number of nitrogens with zero attached hydrogens (tertiary/aromatic N) is 2. The Labute approximate surface area is 151 Å². The Morgan fingerprint density at radius 1 is 1.36 bits per heavy atom. The fraction of sp³-hybridized carbons (Fsp3) is 0.471. The molecular weight excluding hydrogens is 346 g/mol.